The average molecular weight is 433 g/mol. The predicted octanol–water partition coefficient (Wildman–Crippen LogP) is 1.91. The van der Waals surface area contributed by atoms with Gasteiger partial charge in [0.2, 0.25) is 0 Å². The number of hydrogen-bond donors (Lipinski definition) is 2. The highest BCUT2D eigenvalue weighted by Crippen LogP contribution is 2.46. The molecule has 9 heteroatoms. The van der Waals surface area contributed by atoms with Crippen molar-refractivity contribution in [2.24, 2.45) is 11.8 Å². The summed E-state index contributed by atoms with van der Waals surface area (Å²) in [5, 5.41) is 5.55. The van der Waals surface area contributed by atoms with Crippen molar-refractivity contribution < 1.29 is 28.2 Å². The molecule has 2 N–H and O–H groups in total. The first kappa shape index (κ1) is 21.4. The number of nitrogens with zero attached hydrogens (tertiary/aromatic N) is 1. The number of alkyl halides is 1. The van der Waals surface area contributed by atoms with Crippen molar-refractivity contribution in [2.45, 2.75) is 44.9 Å². The summed E-state index contributed by atoms with van der Waals surface area (Å²) in [6.45, 7) is 5.91. The van der Waals surface area contributed by atoms with E-state index in [-0.39, 0.29) is 41.3 Å². The molecule has 3 aliphatic rings. The van der Waals surface area contributed by atoms with E-state index in [0.29, 0.717) is 36.4 Å². The fourth-order valence-corrected chi connectivity index (χ4v) is 4.40. The third-order valence-corrected chi connectivity index (χ3v) is 5.95. The van der Waals surface area contributed by atoms with Crippen molar-refractivity contribution in [3.63, 3.8) is 0 Å². The lowest BCUT2D eigenvalue weighted by Gasteiger charge is -2.26. The third-order valence-electron chi connectivity index (χ3n) is 5.95. The van der Waals surface area contributed by atoms with E-state index in [9.17, 15) is 18.8 Å². The van der Waals surface area contributed by atoms with Crippen LogP contribution in [-0.4, -0.2) is 67.4 Å². The van der Waals surface area contributed by atoms with Gasteiger partial charge >= 0.3 is 6.09 Å². The Kier molecular flexibility index (Phi) is 5.31. The maximum atomic E-state index is 13.1. The van der Waals surface area contributed by atoms with Crippen molar-refractivity contribution in [3.8, 4) is 5.75 Å². The fraction of sp³-hybridized carbons (Fsp3) is 0.591. The predicted molar refractivity (Wildman–Crippen MR) is 110 cm³/mol. The van der Waals surface area contributed by atoms with Crippen molar-refractivity contribution in [1.82, 2.24) is 15.5 Å². The largest absolute Gasteiger partial charge is 0.486 e. The van der Waals surface area contributed by atoms with Crippen LogP contribution in [0.5, 0.6) is 5.75 Å². The second-order valence-electron chi connectivity index (χ2n) is 9.40. The first-order chi connectivity index (χ1) is 14.6. The molecule has 1 aromatic rings. The molecule has 3 amide bonds. The van der Waals surface area contributed by atoms with E-state index < -0.39 is 18.4 Å². The number of piperidine rings is 1. The topological polar surface area (TPSA) is 97.0 Å². The molecule has 1 saturated carbocycles. The zero-order valence-electron chi connectivity index (χ0n) is 18.2. The van der Waals surface area contributed by atoms with Crippen LogP contribution in [0.4, 0.5) is 9.18 Å². The Hall–Kier alpha value is -2.84. The van der Waals surface area contributed by atoms with E-state index in [2.05, 4.69) is 10.6 Å². The van der Waals surface area contributed by atoms with Gasteiger partial charge in [0.1, 0.15) is 24.1 Å². The highest BCUT2D eigenvalue weighted by molar-refractivity contribution is 6.02. The molecule has 0 radical (unpaired) electrons. The highest BCUT2D eigenvalue weighted by Gasteiger charge is 2.58. The van der Waals surface area contributed by atoms with Crippen molar-refractivity contribution >= 4 is 17.9 Å². The molecule has 168 valence electrons. The van der Waals surface area contributed by atoms with E-state index in [1.807, 2.05) is 20.8 Å². The summed E-state index contributed by atoms with van der Waals surface area (Å²) in [5.74, 6) is 0.0588. The number of rotatable bonds is 4. The molecular formula is C22H28FN3O5. The summed E-state index contributed by atoms with van der Waals surface area (Å²) in [6.07, 6.45) is -0.657. The monoisotopic (exact) mass is 433 g/mol. The number of amides is 3. The van der Waals surface area contributed by atoms with Crippen molar-refractivity contribution in [2.75, 3.05) is 26.8 Å². The number of carbonyl (C=O) groups excluding carboxylic acids is 3. The van der Waals surface area contributed by atoms with E-state index in [0.717, 1.165) is 0 Å². The number of ether oxygens (including phenoxy) is 2. The standard InChI is InChI=1S/C22H28FN3O5/c1-22(2,3)31-21(29)26-9-15-16(10-26)17(15)25-19(27)12-5-11-6-13(8-23)30-18(11)14(7-12)20(28)24-4/h5,7,13,15-17H,6,8-10H2,1-4H3,(H,24,28)(H,25,27). The summed E-state index contributed by atoms with van der Waals surface area (Å²) in [7, 11) is 1.49. The first-order valence-corrected chi connectivity index (χ1v) is 10.5. The molecule has 1 aliphatic carbocycles. The zero-order valence-corrected chi connectivity index (χ0v) is 18.2. The van der Waals surface area contributed by atoms with Crippen LogP contribution >= 0.6 is 0 Å². The van der Waals surface area contributed by atoms with Gasteiger partial charge < -0.3 is 25.0 Å². The molecule has 31 heavy (non-hydrogen) atoms. The SMILES string of the molecule is CNC(=O)c1cc(C(=O)NC2C3CN(C(=O)OC(C)(C)C)CC32)cc2c1OC(CF)C2. The highest BCUT2D eigenvalue weighted by atomic mass is 19.1. The minimum atomic E-state index is -0.664. The Morgan fingerprint density at radius 2 is 1.87 bits per heavy atom. The maximum Gasteiger partial charge on any atom is 0.410 e. The Morgan fingerprint density at radius 1 is 1.19 bits per heavy atom. The van der Waals surface area contributed by atoms with E-state index in [4.69, 9.17) is 9.47 Å². The normalized spacial score (nSPS) is 25.9. The summed E-state index contributed by atoms with van der Waals surface area (Å²) >= 11 is 0. The van der Waals surface area contributed by atoms with Gasteiger partial charge in [0, 0.05) is 50.0 Å². The van der Waals surface area contributed by atoms with Crippen LogP contribution in [0.15, 0.2) is 12.1 Å². The zero-order chi connectivity index (χ0) is 22.5. The number of carbonyl (C=O) groups is 3. The van der Waals surface area contributed by atoms with Gasteiger partial charge in [-0.25, -0.2) is 9.18 Å². The van der Waals surface area contributed by atoms with Crippen LogP contribution in [-0.2, 0) is 11.2 Å². The second-order valence-corrected chi connectivity index (χ2v) is 9.40. The molecule has 2 heterocycles. The maximum absolute atomic E-state index is 13.1. The first-order valence-electron chi connectivity index (χ1n) is 10.5. The molecular weight excluding hydrogens is 405 g/mol. The van der Waals surface area contributed by atoms with Gasteiger partial charge in [0.15, 0.2) is 0 Å². The molecule has 0 bridgehead atoms. The van der Waals surface area contributed by atoms with Gasteiger partial charge in [-0.3, -0.25) is 9.59 Å². The van der Waals surface area contributed by atoms with Gasteiger partial charge in [-0.15, -0.1) is 0 Å². The lowest BCUT2D eigenvalue weighted by molar-refractivity contribution is 0.0269. The Morgan fingerprint density at radius 3 is 2.45 bits per heavy atom. The van der Waals surface area contributed by atoms with Crippen LogP contribution in [0, 0.1) is 11.8 Å². The number of fused-ring (bicyclic) bond motifs is 2. The van der Waals surface area contributed by atoms with Crippen LogP contribution < -0.4 is 15.4 Å². The van der Waals surface area contributed by atoms with Gasteiger partial charge in [-0.05, 0) is 38.5 Å². The van der Waals surface area contributed by atoms with Gasteiger partial charge in [-0.2, -0.15) is 0 Å². The van der Waals surface area contributed by atoms with Gasteiger partial charge in [0.25, 0.3) is 11.8 Å². The van der Waals surface area contributed by atoms with Crippen LogP contribution in [0.2, 0.25) is 0 Å². The number of benzene rings is 1. The summed E-state index contributed by atoms with van der Waals surface area (Å²) in [6, 6.07) is 3.13. The van der Waals surface area contributed by atoms with Crippen LogP contribution in [0.1, 0.15) is 47.1 Å². The van der Waals surface area contributed by atoms with E-state index in [1.54, 1.807) is 11.0 Å². The average Bonchev–Trinajstić information content (AvgIpc) is 3.08. The molecule has 2 fully saturated rings. The lowest BCUT2D eigenvalue weighted by Crippen LogP contribution is -2.40. The lowest BCUT2D eigenvalue weighted by atomic mass is 10.0. The summed E-state index contributed by atoms with van der Waals surface area (Å²) in [4.78, 5) is 39.0. The fourth-order valence-electron chi connectivity index (χ4n) is 4.40. The number of likely N-dealkylation sites (tertiary alicyclic amines) is 1. The quantitative estimate of drug-likeness (QED) is 0.756. The molecule has 8 nitrogen and oxygen atoms in total. The second kappa shape index (κ2) is 7.69. The van der Waals surface area contributed by atoms with Gasteiger partial charge in [-0.1, -0.05) is 0 Å². The van der Waals surface area contributed by atoms with Crippen molar-refractivity contribution in [1.29, 1.82) is 0 Å². The van der Waals surface area contributed by atoms with E-state index in [1.165, 1.54) is 13.1 Å². The Labute approximate surface area is 180 Å². The number of halogens is 1. The molecule has 1 aromatic carbocycles. The molecule has 2 aliphatic heterocycles. The number of nitrogens with one attached hydrogen (secondary N) is 2. The minimum Gasteiger partial charge on any atom is -0.486 e. The smallest absolute Gasteiger partial charge is 0.410 e. The minimum absolute atomic E-state index is 0.0160. The third kappa shape index (κ3) is 4.18. The Bertz CT molecular complexity index is 916. The van der Waals surface area contributed by atoms with E-state index >= 15 is 0 Å². The molecule has 1 saturated heterocycles. The molecule has 0 aromatic heterocycles. The van der Waals surface area contributed by atoms with Gasteiger partial charge in [0.05, 0.1) is 5.56 Å². The van der Waals surface area contributed by atoms with Crippen molar-refractivity contribution in [3.05, 3.63) is 28.8 Å². The molecule has 3 unspecified atom stereocenters. The summed E-state index contributed by atoms with van der Waals surface area (Å²) in [5.41, 5.74) is 0.682. The summed E-state index contributed by atoms with van der Waals surface area (Å²) < 4.78 is 24.0. The Balaban J connectivity index is 1.41. The molecule has 0 spiro atoms. The van der Waals surface area contributed by atoms with Crippen LogP contribution in [0.25, 0.3) is 0 Å². The van der Waals surface area contributed by atoms with Crippen LogP contribution in [0.3, 0.4) is 0 Å². The number of hydrogen-bond acceptors (Lipinski definition) is 5. The molecule has 3 atom stereocenters. The molecule has 4 rings (SSSR count).